The second-order valence-corrected chi connectivity index (χ2v) is 6.35. The number of hydrogen-bond acceptors (Lipinski definition) is 4. The van der Waals surface area contributed by atoms with Gasteiger partial charge in [-0.2, -0.15) is 0 Å². The number of carbonyl (C=O) groups excluding carboxylic acids is 3. The summed E-state index contributed by atoms with van der Waals surface area (Å²) in [5, 5.41) is 2.51. The standard InChI is InChI=1S/C18H17F3N2O4/c19-18(20,21)27-12-7-5-11(6-8-12)22-15(24)9-10-23-16(25)13-3-1-2-4-14(13)17(23)26/h1-2,5-8,13-14H,3-4,9-10H2,(H,22,24)/t13-,14-/m1/s1. The topological polar surface area (TPSA) is 75.7 Å². The molecule has 1 fully saturated rings. The molecule has 0 radical (unpaired) electrons. The SMILES string of the molecule is O=C(CCN1C(=O)[C@@H]2CC=CC[C@H]2C1=O)Nc1ccc(OC(F)(F)F)cc1. The van der Waals surface area contributed by atoms with Crippen molar-refractivity contribution in [3.63, 3.8) is 0 Å². The van der Waals surface area contributed by atoms with E-state index < -0.39 is 18.0 Å². The number of rotatable bonds is 5. The molecule has 0 aromatic heterocycles. The number of allylic oxidation sites excluding steroid dienone is 2. The van der Waals surface area contributed by atoms with Crippen molar-refractivity contribution in [2.45, 2.75) is 25.6 Å². The molecular formula is C18H17F3N2O4. The summed E-state index contributed by atoms with van der Waals surface area (Å²) < 4.78 is 40.1. The van der Waals surface area contributed by atoms with Gasteiger partial charge in [0.1, 0.15) is 5.75 Å². The second-order valence-electron chi connectivity index (χ2n) is 6.35. The van der Waals surface area contributed by atoms with E-state index in [-0.39, 0.29) is 42.3 Å². The molecule has 27 heavy (non-hydrogen) atoms. The Hall–Kier alpha value is -2.84. The van der Waals surface area contributed by atoms with Crippen LogP contribution in [0.25, 0.3) is 0 Å². The van der Waals surface area contributed by atoms with Crippen molar-refractivity contribution in [3.8, 4) is 5.75 Å². The number of fused-ring (bicyclic) bond motifs is 1. The molecule has 1 N–H and O–H groups in total. The van der Waals surface area contributed by atoms with Crippen LogP contribution in [0.4, 0.5) is 18.9 Å². The van der Waals surface area contributed by atoms with Gasteiger partial charge in [-0.15, -0.1) is 13.2 Å². The lowest BCUT2D eigenvalue weighted by atomic mass is 9.85. The highest BCUT2D eigenvalue weighted by Gasteiger charge is 2.46. The fourth-order valence-corrected chi connectivity index (χ4v) is 3.27. The van der Waals surface area contributed by atoms with E-state index in [9.17, 15) is 27.6 Å². The first-order valence-corrected chi connectivity index (χ1v) is 8.40. The first-order chi connectivity index (χ1) is 12.7. The van der Waals surface area contributed by atoms with Gasteiger partial charge in [-0.1, -0.05) is 12.2 Å². The third-order valence-electron chi connectivity index (χ3n) is 4.53. The van der Waals surface area contributed by atoms with Crippen molar-refractivity contribution in [3.05, 3.63) is 36.4 Å². The predicted octanol–water partition coefficient (Wildman–Crippen LogP) is 2.87. The van der Waals surface area contributed by atoms with Gasteiger partial charge in [-0.3, -0.25) is 19.3 Å². The molecule has 3 rings (SSSR count). The molecule has 6 nitrogen and oxygen atoms in total. The van der Waals surface area contributed by atoms with Crippen LogP contribution in [-0.4, -0.2) is 35.5 Å². The van der Waals surface area contributed by atoms with Gasteiger partial charge in [0.05, 0.1) is 11.8 Å². The molecule has 1 aliphatic heterocycles. The molecule has 0 unspecified atom stereocenters. The van der Waals surface area contributed by atoms with E-state index in [1.165, 1.54) is 12.1 Å². The maximum Gasteiger partial charge on any atom is 0.573 e. The molecule has 2 atom stereocenters. The summed E-state index contributed by atoms with van der Waals surface area (Å²) in [5.41, 5.74) is 0.284. The Labute approximate surface area is 153 Å². The Morgan fingerprint density at radius 3 is 2.15 bits per heavy atom. The molecule has 144 valence electrons. The van der Waals surface area contributed by atoms with Crippen molar-refractivity contribution in [1.82, 2.24) is 4.90 Å². The number of benzene rings is 1. The number of halogens is 3. The van der Waals surface area contributed by atoms with Crippen molar-refractivity contribution < 1.29 is 32.3 Å². The lowest BCUT2D eigenvalue weighted by Crippen LogP contribution is -2.34. The molecule has 1 aliphatic carbocycles. The van der Waals surface area contributed by atoms with Crippen LogP contribution in [0.2, 0.25) is 0 Å². The van der Waals surface area contributed by atoms with Crippen molar-refractivity contribution >= 4 is 23.4 Å². The van der Waals surface area contributed by atoms with Gasteiger partial charge in [0.25, 0.3) is 0 Å². The third kappa shape index (κ3) is 4.47. The minimum atomic E-state index is -4.79. The maximum atomic E-state index is 12.3. The Morgan fingerprint density at radius 1 is 1.07 bits per heavy atom. The minimum Gasteiger partial charge on any atom is -0.406 e. The van der Waals surface area contributed by atoms with Crippen LogP contribution in [-0.2, 0) is 14.4 Å². The average molecular weight is 382 g/mol. The summed E-state index contributed by atoms with van der Waals surface area (Å²) >= 11 is 0. The van der Waals surface area contributed by atoms with E-state index in [0.717, 1.165) is 17.0 Å². The summed E-state index contributed by atoms with van der Waals surface area (Å²) in [5.74, 6) is -2.04. The number of ether oxygens (including phenoxy) is 1. The van der Waals surface area contributed by atoms with E-state index in [1.807, 2.05) is 12.2 Å². The van der Waals surface area contributed by atoms with Crippen LogP contribution in [0.3, 0.4) is 0 Å². The summed E-state index contributed by atoms with van der Waals surface area (Å²) in [7, 11) is 0. The fourth-order valence-electron chi connectivity index (χ4n) is 3.27. The van der Waals surface area contributed by atoms with E-state index in [2.05, 4.69) is 10.1 Å². The molecule has 2 aliphatic rings. The highest BCUT2D eigenvalue weighted by atomic mass is 19.4. The average Bonchev–Trinajstić information content (AvgIpc) is 2.85. The van der Waals surface area contributed by atoms with Crippen LogP contribution < -0.4 is 10.1 Å². The first-order valence-electron chi connectivity index (χ1n) is 8.40. The molecule has 0 spiro atoms. The molecule has 9 heteroatoms. The number of amides is 3. The van der Waals surface area contributed by atoms with Gasteiger partial charge in [0.15, 0.2) is 0 Å². The zero-order valence-corrected chi connectivity index (χ0v) is 14.2. The van der Waals surface area contributed by atoms with Crippen LogP contribution in [0.5, 0.6) is 5.75 Å². The molecular weight excluding hydrogens is 365 g/mol. The molecule has 1 aromatic carbocycles. The number of hydrogen-bond donors (Lipinski definition) is 1. The number of carbonyl (C=O) groups is 3. The molecule has 1 aromatic rings. The summed E-state index contributed by atoms with van der Waals surface area (Å²) in [6.07, 6.45) is -0.0462. The van der Waals surface area contributed by atoms with Gasteiger partial charge in [0, 0.05) is 18.7 Å². The summed E-state index contributed by atoms with van der Waals surface area (Å²) in [4.78, 5) is 37.8. The number of nitrogens with one attached hydrogen (secondary N) is 1. The normalized spacial score (nSPS) is 22.0. The minimum absolute atomic E-state index is 0.0221. The van der Waals surface area contributed by atoms with E-state index in [0.29, 0.717) is 12.8 Å². The van der Waals surface area contributed by atoms with Gasteiger partial charge in [0.2, 0.25) is 17.7 Å². The van der Waals surface area contributed by atoms with Crippen molar-refractivity contribution in [2.75, 3.05) is 11.9 Å². The molecule has 0 saturated carbocycles. The Morgan fingerprint density at radius 2 is 1.63 bits per heavy atom. The molecule has 1 heterocycles. The van der Waals surface area contributed by atoms with Crippen LogP contribution in [0, 0.1) is 11.8 Å². The fraction of sp³-hybridized carbons (Fsp3) is 0.389. The number of nitrogens with zero attached hydrogens (tertiary/aromatic N) is 1. The lowest BCUT2D eigenvalue weighted by molar-refractivity contribution is -0.274. The van der Waals surface area contributed by atoms with E-state index in [4.69, 9.17) is 0 Å². The molecule has 1 saturated heterocycles. The van der Waals surface area contributed by atoms with Gasteiger partial charge < -0.3 is 10.1 Å². The molecule has 3 amide bonds. The highest BCUT2D eigenvalue weighted by Crippen LogP contribution is 2.35. The third-order valence-corrected chi connectivity index (χ3v) is 4.53. The van der Waals surface area contributed by atoms with Crippen LogP contribution >= 0.6 is 0 Å². The van der Waals surface area contributed by atoms with Crippen molar-refractivity contribution in [2.24, 2.45) is 11.8 Å². The zero-order chi connectivity index (χ0) is 19.6. The molecule has 0 bridgehead atoms. The lowest BCUT2D eigenvalue weighted by Gasteiger charge is -2.14. The van der Waals surface area contributed by atoms with Gasteiger partial charge >= 0.3 is 6.36 Å². The predicted molar refractivity (Wildman–Crippen MR) is 88.4 cm³/mol. The summed E-state index contributed by atoms with van der Waals surface area (Å²) in [6.45, 7) is -0.0221. The Bertz CT molecular complexity index is 748. The summed E-state index contributed by atoms with van der Waals surface area (Å²) in [6, 6.07) is 4.69. The Balaban J connectivity index is 1.51. The number of anilines is 1. The smallest absolute Gasteiger partial charge is 0.406 e. The van der Waals surface area contributed by atoms with Crippen LogP contribution in [0.15, 0.2) is 36.4 Å². The quantitative estimate of drug-likeness (QED) is 0.628. The first kappa shape index (κ1) is 18.9. The second kappa shape index (κ2) is 7.42. The number of alkyl halides is 3. The van der Waals surface area contributed by atoms with E-state index >= 15 is 0 Å². The number of likely N-dealkylation sites (tertiary alicyclic amines) is 1. The van der Waals surface area contributed by atoms with Crippen molar-refractivity contribution in [1.29, 1.82) is 0 Å². The Kier molecular flexibility index (Phi) is 5.20. The highest BCUT2D eigenvalue weighted by molar-refractivity contribution is 6.05. The van der Waals surface area contributed by atoms with Crippen LogP contribution in [0.1, 0.15) is 19.3 Å². The van der Waals surface area contributed by atoms with Gasteiger partial charge in [-0.25, -0.2) is 0 Å². The van der Waals surface area contributed by atoms with E-state index in [1.54, 1.807) is 0 Å². The number of imide groups is 1. The monoisotopic (exact) mass is 382 g/mol. The zero-order valence-electron chi connectivity index (χ0n) is 14.2. The van der Waals surface area contributed by atoms with Gasteiger partial charge in [-0.05, 0) is 37.1 Å². The largest absolute Gasteiger partial charge is 0.573 e. The maximum absolute atomic E-state index is 12.3.